The van der Waals surface area contributed by atoms with Crippen LogP contribution in [0.15, 0.2) is 175 Å². The van der Waals surface area contributed by atoms with Crippen LogP contribution in [-0.4, -0.2) is 20.8 Å². The Kier molecular flexibility index (Phi) is 9.59. The number of allylic oxidation sites excluding steroid dienone is 6. The first kappa shape index (κ1) is 31.8. The topological polar surface area (TPSA) is 60.6 Å². The van der Waals surface area contributed by atoms with Crippen LogP contribution < -0.4 is 5.73 Å². The summed E-state index contributed by atoms with van der Waals surface area (Å²) in [6.07, 6.45) is 11.9. The fourth-order valence-corrected chi connectivity index (χ4v) is 6.02. The van der Waals surface area contributed by atoms with Gasteiger partial charge in [-0.1, -0.05) is 116 Å². The second-order valence-electron chi connectivity index (χ2n) is 11.3. The molecule has 0 saturated carbocycles. The lowest BCUT2D eigenvalue weighted by molar-refractivity contribution is 0.793. The van der Waals surface area contributed by atoms with E-state index in [2.05, 4.69) is 89.2 Å². The highest BCUT2D eigenvalue weighted by Gasteiger charge is 2.15. The van der Waals surface area contributed by atoms with Crippen molar-refractivity contribution < 1.29 is 0 Å². The van der Waals surface area contributed by atoms with Crippen LogP contribution in [0.2, 0.25) is 0 Å². The van der Waals surface area contributed by atoms with Crippen LogP contribution in [0.25, 0.3) is 49.2 Å². The minimum atomic E-state index is 0.380. The summed E-state index contributed by atoms with van der Waals surface area (Å²) in [5.41, 5.74) is 12.7. The highest BCUT2D eigenvalue weighted by atomic mass is 15.1. The maximum absolute atomic E-state index is 6.50. The smallest absolute Gasteiger partial charge is 0.158 e. The Labute approximate surface area is 281 Å². The van der Waals surface area contributed by atoms with Crippen molar-refractivity contribution in [2.45, 2.75) is 20.5 Å². The van der Waals surface area contributed by atoms with Gasteiger partial charge in [0.15, 0.2) is 5.84 Å². The van der Waals surface area contributed by atoms with Crippen LogP contribution in [-0.2, 0) is 6.67 Å². The molecule has 0 radical (unpaired) electrons. The first-order valence-electron chi connectivity index (χ1n) is 16.0. The molecule has 5 heteroatoms. The summed E-state index contributed by atoms with van der Waals surface area (Å²) in [5.74, 6) is 1.02. The third-order valence-corrected chi connectivity index (χ3v) is 8.19. The second kappa shape index (κ2) is 14.5. The quantitative estimate of drug-likeness (QED) is 0.0815. The number of nitrogens with two attached hydrogens (primary N) is 1. The van der Waals surface area contributed by atoms with Crippen molar-refractivity contribution in [2.24, 2.45) is 15.7 Å². The summed E-state index contributed by atoms with van der Waals surface area (Å²) in [6, 6.07) is 39.5. The van der Waals surface area contributed by atoms with E-state index >= 15 is 0 Å². The number of para-hydroxylation sites is 1. The van der Waals surface area contributed by atoms with Crippen molar-refractivity contribution >= 4 is 60.8 Å². The number of benzene rings is 5. The second-order valence-corrected chi connectivity index (χ2v) is 11.3. The molecule has 5 aromatic carbocycles. The number of aromatic nitrogens is 2. The van der Waals surface area contributed by atoms with E-state index < -0.39 is 0 Å². The molecular weight excluding hydrogens is 587 g/mol. The van der Waals surface area contributed by atoms with Crippen LogP contribution in [0.4, 0.5) is 0 Å². The zero-order chi connectivity index (χ0) is 33.5. The number of rotatable bonds is 7. The van der Waals surface area contributed by atoms with E-state index in [-0.39, 0.29) is 0 Å². The number of hydrogen-bond donors (Lipinski definition) is 1. The van der Waals surface area contributed by atoms with Gasteiger partial charge in [0, 0.05) is 44.6 Å². The van der Waals surface area contributed by atoms with Gasteiger partial charge in [-0.15, -0.1) is 6.58 Å². The summed E-state index contributed by atoms with van der Waals surface area (Å²) in [4.78, 5) is 9.96. The highest BCUT2D eigenvalue weighted by molar-refractivity contribution is 6.19. The van der Waals surface area contributed by atoms with E-state index in [1.54, 1.807) is 6.08 Å². The van der Waals surface area contributed by atoms with Crippen molar-refractivity contribution in [3.05, 3.63) is 176 Å². The summed E-state index contributed by atoms with van der Waals surface area (Å²) >= 11 is 0. The van der Waals surface area contributed by atoms with Gasteiger partial charge in [0.05, 0.1) is 16.6 Å². The SMILES string of the molecule is C=C/C(=C\C=C/C)n1ccc2cc3c(ccc4c5ccccc5n(C/N=C(\N=C(N)c5ccccc5)c5ccccc5)c34)cc21.C=CC. The fraction of sp³-hybridized carbons (Fsp3) is 0.0698. The molecule has 0 bridgehead atoms. The lowest BCUT2D eigenvalue weighted by Crippen LogP contribution is -2.16. The zero-order valence-electron chi connectivity index (χ0n) is 27.4. The third-order valence-electron chi connectivity index (χ3n) is 8.19. The molecule has 2 aromatic heterocycles. The minimum absolute atomic E-state index is 0.380. The maximum atomic E-state index is 6.50. The molecule has 2 heterocycles. The first-order valence-corrected chi connectivity index (χ1v) is 16.0. The Bertz CT molecular complexity index is 2360. The van der Waals surface area contributed by atoms with Gasteiger partial charge in [0.1, 0.15) is 12.5 Å². The lowest BCUT2D eigenvalue weighted by Gasteiger charge is -2.11. The van der Waals surface area contributed by atoms with Crippen LogP contribution in [0, 0.1) is 0 Å². The van der Waals surface area contributed by atoms with E-state index in [0.29, 0.717) is 18.3 Å². The van der Waals surface area contributed by atoms with Gasteiger partial charge in [0.2, 0.25) is 0 Å². The number of nitrogens with zero attached hydrogens (tertiary/aromatic N) is 4. The summed E-state index contributed by atoms with van der Waals surface area (Å²) < 4.78 is 4.49. The van der Waals surface area contributed by atoms with E-state index in [9.17, 15) is 0 Å². The molecule has 0 aliphatic heterocycles. The van der Waals surface area contributed by atoms with Gasteiger partial charge in [-0.05, 0) is 55.7 Å². The molecule has 0 aliphatic rings. The molecule has 0 spiro atoms. The molecule has 0 fully saturated rings. The van der Waals surface area contributed by atoms with Gasteiger partial charge in [0.25, 0.3) is 0 Å². The molecule has 7 rings (SSSR count). The van der Waals surface area contributed by atoms with Crippen molar-refractivity contribution in [3.8, 4) is 0 Å². The molecule has 0 aliphatic carbocycles. The molecule has 0 saturated heterocycles. The van der Waals surface area contributed by atoms with Crippen LogP contribution in [0.1, 0.15) is 25.0 Å². The molecular formula is C43H39N5. The number of fused-ring (bicyclic) bond motifs is 6. The van der Waals surface area contributed by atoms with Crippen molar-refractivity contribution in [2.75, 3.05) is 0 Å². The number of amidine groups is 2. The average Bonchev–Trinajstić information content (AvgIpc) is 3.69. The zero-order valence-corrected chi connectivity index (χ0v) is 27.4. The average molecular weight is 626 g/mol. The Morgan fingerprint density at radius 2 is 1.42 bits per heavy atom. The van der Waals surface area contributed by atoms with Crippen LogP contribution >= 0.6 is 0 Å². The maximum Gasteiger partial charge on any atom is 0.158 e. The fourth-order valence-electron chi connectivity index (χ4n) is 6.02. The molecule has 48 heavy (non-hydrogen) atoms. The Hall–Kier alpha value is -6.20. The van der Waals surface area contributed by atoms with Gasteiger partial charge >= 0.3 is 0 Å². The Morgan fingerprint density at radius 3 is 2.12 bits per heavy atom. The molecule has 5 nitrogen and oxygen atoms in total. The van der Waals surface area contributed by atoms with E-state index in [1.807, 2.05) is 92.7 Å². The van der Waals surface area contributed by atoms with Gasteiger partial charge in [-0.25, -0.2) is 9.98 Å². The molecule has 0 atom stereocenters. The Morgan fingerprint density at radius 1 is 0.729 bits per heavy atom. The van der Waals surface area contributed by atoms with E-state index in [0.717, 1.165) is 44.1 Å². The van der Waals surface area contributed by atoms with Crippen LogP contribution in [0.3, 0.4) is 0 Å². The minimum Gasteiger partial charge on any atom is -0.383 e. The van der Waals surface area contributed by atoms with Crippen molar-refractivity contribution in [1.29, 1.82) is 0 Å². The summed E-state index contributed by atoms with van der Waals surface area (Å²) in [5, 5.41) is 5.88. The van der Waals surface area contributed by atoms with Crippen molar-refractivity contribution in [1.82, 2.24) is 9.13 Å². The molecule has 236 valence electrons. The Balaban J connectivity index is 0.00000129. The highest BCUT2D eigenvalue weighted by Crippen LogP contribution is 2.36. The predicted octanol–water partition coefficient (Wildman–Crippen LogP) is 10.5. The van der Waals surface area contributed by atoms with Gasteiger partial charge in [-0.2, -0.15) is 0 Å². The molecule has 7 aromatic rings. The lowest BCUT2D eigenvalue weighted by atomic mass is 10.0. The normalized spacial score (nSPS) is 12.6. The van der Waals surface area contributed by atoms with Crippen molar-refractivity contribution in [3.63, 3.8) is 0 Å². The largest absolute Gasteiger partial charge is 0.383 e. The monoisotopic (exact) mass is 625 g/mol. The predicted molar refractivity (Wildman–Crippen MR) is 208 cm³/mol. The first-order chi connectivity index (χ1) is 23.6. The third kappa shape index (κ3) is 6.26. The van der Waals surface area contributed by atoms with Gasteiger partial charge in [-0.3, -0.25) is 0 Å². The van der Waals surface area contributed by atoms with E-state index in [1.165, 1.54) is 16.2 Å². The molecule has 0 unspecified atom stereocenters. The molecule has 0 amide bonds. The van der Waals surface area contributed by atoms with E-state index in [4.69, 9.17) is 15.7 Å². The molecule has 2 N–H and O–H groups in total. The number of aliphatic imine (C=N–C) groups is 2. The van der Waals surface area contributed by atoms with Gasteiger partial charge < -0.3 is 14.9 Å². The summed E-state index contributed by atoms with van der Waals surface area (Å²) in [7, 11) is 0. The standard InChI is InChI=1S/C40H33N5.C3H6/c1-3-5-18-32(4-2)44-24-23-31-25-35-30(26-37(31)44)21-22-34-33-19-12-13-20-36(33)45(38(34)35)27-42-40(29-16-10-7-11-17-29)43-39(41)28-14-8-6-9-15-28;1-3-2/h3-26H,2,27H2,1H3,(H2,41,42,43);3H,1H2,2H3/b5-3-,32-18+;. The number of hydrogen-bond acceptors (Lipinski definition) is 1. The summed E-state index contributed by atoms with van der Waals surface area (Å²) in [6.45, 7) is 11.7. The van der Waals surface area contributed by atoms with Crippen LogP contribution in [0.5, 0.6) is 0 Å².